The van der Waals surface area contributed by atoms with Crippen molar-refractivity contribution in [2.75, 3.05) is 12.0 Å². The predicted octanol–water partition coefficient (Wildman–Crippen LogP) is 3.81. The fourth-order valence-electron chi connectivity index (χ4n) is 1.19. The van der Waals surface area contributed by atoms with Gasteiger partial charge in [-0.05, 0) is 47.0 Å². The number of fused-ring (bicyclic) bond motifs is 1. The van der Waals surface area contributed by atoms with Crippen molar-refractivity contribution in [3.8, 4) is 0 Å². The molecule has 0 aliphatic rings. The zero-order valence-electron chi connectivity index (χ0n) is 7.00. The molecule has 0 bridgehead atoms. The van der Waals surface area contributed by atoms with Crippen LogP contribution in [0.25, 0.3) is 10.1 Å². The number of halogens is 1. The van der Waals surface area contributed by atoms with Gasteiger partial charge in [-0.2, -0.15) is 0 Å². The Bertz CT molecular complexity index is 450. The van der Waals surface area contributed by atoms with Gasteiger partial charge in [-0.3, -0.25) is 0 Å². The molecule has 2 aromatic rings. The standard InChI is InChI=1S/C9H8INS2/c1-12-5-2-3-7-6(4-5)8(11)9(10)13-7/h2-4H,11H2,1H3. The maximum atomic E-state index is 5.96. The highest BCUT2D eigenvalue weighted by Crippen LogP contribution is 2.36. The third-order valence-electron chi connectivity index (χ3n) is 1.89. The number of hydrogen-bond acceptors (Lipinski definition) is 3. The molecule has 2 N–H and O–H groups in total. The zero-order valence-corrected chi connectivity index (χ0v) is 10.8. The van der Waals surface area contributed by atoms with Crippen molar-refractivity contribution in [2.45, 2.75) is 4.90 Å². The van der Waals surface area contributed by atoms with E-state index in [-0.39, 0.29) is 0 Å². The lowest BCUT2D eigenvalue weighted by atomic mass is 10.2. The number of hydrogen-bond donors (Lipinski definition) is 1. The minimum Gasteiger partial charge on any atom is -0.397 e. The Morgan fingerprint density at radius 3 is 2.92 bits per heavy atom. The molecule has 0 fully saturated rings. The fraction of sp³-hybridized carbons (Fsp3) is 0.111. The third kappa shape index (κ3) is 1.67. The van der Waals surface area contributed by atoms with Crippen molar-refractivity contribution in [2.24, 2.45) is 0 Å². The van der Waals surface area contributed by atoms with Gasteiger partial charge in [0.05, 0.1) is 8.57 Å². The molecule has 1 nitrogen and oxygen atoms in total. The molecule has 68 valence electrons. The summed E-state index contributed by atoms with van der Waals surface area (Å²) in [5, 5.41) is 1.20. The second-order valence-corrected chi connectivity index (χ2v) is 6.39. The number of anilines is 1. The van der Waals surface area contributed by atoms with Gasteiger partial charge in [0.25, 0.3) is 0 Å². The van der Waals surface area contributed by atoms with E-state index in [0.717, 1.165) is 5.69 Å². The topological polar surface area (TPSA) is 26.0 Å². The lowest BCUT2D eigenvalue weighted by Crippen LogP contribution is -1.83. The van der Waals surface area contributed by atoms with Crippen LogP contribution in [0.2, 0.25) is 0 Å². The highest BCUT2D eigenvalue weighted by molar-refractivity contribution is 14.1. The summed E-state index contributed by atoms with van der Waals surface area (Å²) in [6.07, 6.45) is 2.08. The number of rotatable bonds is 1. The van der Waals surface area contributed by atoms with E-state index in [9.17, 15) is 0 Å². The average molecular weight is 321 g/mol. The summed E-state index contributed by atoms with van der Waals surface area (Å²) >= 11 is 5.79. The lowest BCUT2D eigenvalue weighted by molar-refractivity contribution is 1.53. The molecule has 1 heterocycles. The Balaban J connectivity index is 2.75. The van der Waals surface area contributed by atoms with Gasteiger partial charge in [-0.25, -0.2) is 0 Å². The molecule has 1 aromatic heterocycles. The Morgan fingerprint density at radius 2 is 2.23 bits per heavy atom. The van der Waals surface area contributed by atoms with Gasteiger partial charge in [-0.1, -0.05) is 0 Å². The van der Waals surface area contributed by atoms with Gasteiger partial charge in [-0.15, -0.1) is 23.1 Å². The van der Waals surface area contributed by atoms with Crippen molar-refractivity contribution in [3.05, 3.63) is 21.1 Å². The molecule has 0 saturated heterocycles. The summed E-state index contributed by atoms with van der Waals surface area (Å²) in [7, 11) is 0. The van der Waals surface area contributed by atoms with Crippen LogP contribution in [0.5, 0.6) is 0 Å². The van der Waals surface area contributed by atoms with Crippen LogP contribution in [0.4, 0.5) is 5.69 Å². The van der Waals surface area contributed by atoms with Gasteiger partial charge in [0, 0.05) is 15.0 Å². The number of nitrogen functional groups attached to an aromatic ring is 1. The molecule has 0 spiro atoms. The molecule has 0 aliphatic heterocycles. The van der Waals surface area contributed by atoms with Crippen LogP contribution < -0.4 is 5.73 Å². The number of thiophene rings is 1. The van der Waals surface area contributed by atoms with E-state index in [1.807, 2.05) is 0 Å². The van der Waals surface area contributed by atoms with Crippen LogP contribution in [0, 0.1) is 2.88 Å². The predicted molar refractivity (Wildman–Crippen MR) is 70.7 cm³/mol. The molecule has 0 aliphatic carbocycles. The monoisotopic (exact) mass is 321 g/mol. The molecule has 0 radical (unpaired) electrons. The van der Waals surface area contributed by atoms with Gasteiger partial charge >= 0.3 is 0 Å². The lowest BCUT2D eigenvalue weighted by Gasteiger charge is -1.96. The number of thioether (sulfide) groups is 1. The van der Waals surface area contributed by atoms with Crippen molar-refractivity contribution < 1.29 is 0 Å². The highest BCUT2D eigenvalue weighted by atomic mass is 127. The van der Waals surface area contributed by atoms with Crippen LogP contribution >= 0.6 is 45.7 Å². The fourth-order valence-corrected chi connectivity index (χ4v) is 3.46. The van der Waals surface area contributed by atoms with E-state index in [2.05, 4.69) is 47.0 Å². The zero-order chi connectivity index (χ0) is 9.42. The maximum Gasteiger partial charge on any atom is 0.0895 e. The van der Waals surface area contributed by atoms with Crippen molar-refractivity contribution in [1.82, 2.24) is 0 Å². The summed E-state index contributed by atoms with van der Waals surface area (Å²) < 4.78 is 2.46. The largest absolute Gasteiger partial charge is 0.397 e. The first-order valence-corrected chi connectivity index (χ1v) is 6.86. The molecule has 1 aromatic carbocycles. The molecule has 2 rings (SSSR count). The summed E-state index contributed by atoms with van der Waals surface area (Å²) in [6, 6.07) is 6.44. The van der Waals surface area contributed by atoms with E-state index in [4.69, 9.17) is 5.73 Å². The second kappa shape index (κ2) is 3.67. The molecule has 0 unspecified atom stereocenters. The molecular weight excluding hydrogens is 313 g/mol. The number of benzene rings is 1. The third-order valence-corrected chi connectivity index (χ3v) is 4.83. The highest BCUT2D eigenvalue weighted by Gasteiger charge is 2.06. The van der Waals surface area contributed by atoms with E-state index in [0.29, 0.717) is 0 Å². The average Bonchev–Trinajstić information content (AvgIpc) is 2.43. The van der Waals surface area contributed by atoms with E-state index in [1.54, 1.807) is 23.1 Å². The van der Waals surface area contributed by atoms with Crippen LogP contribution in [-0.2, 0) is 0 Å². The van der Waals surface area contributed by atoms with Crippen LogP contribution in [0.1, 0.15) is 0 Å². The molecule has 0 saturated carbocycles. The Morgan fingerprint density at radius 1 is 1.46 bits per heavy atom. The van der Waals surface area contributed by atoms with Crippen molar-refractivity contribution in [1.29, 1.82) is 0 Å². The maximum absolute atomic E-state index is 5.96. The molecule has 0 amide bonds. The number of nitrogens with two attached hydrogens (primary N) is 1. The normalized spacial score (nSPS) is 10.9. The summed E-state index contributed by atoms with van der Waals surface area (Å²) in [5.74, 6) is 0. The Kier molecular flexibility index (Phi) is 2.71. The molecule has 0 atom stereocenters. The van der Waals surface area contributed by atoms with Crippen molar-refractivity contribution in [3.63, 3.8) is 0 Å². The Hall–Kier alpha value is 0.0600. The first-order chi connectivity index (χ1) is 6.22. The minimum absolute atomic E-state index is 0.927. The van der Waals surface area contributed by atoms with Crippen LogP contribution in [-0.4, -0.2) is 6.26 Å². The van der Waals surface area contributed by atoms with Gasteiger partial charge in [0.15, 0.2) is 0 Å². The van der Waals surface area contributed by atoms with E-state index in [1.165, 1.54) is 17.9 Å². The summed E-state index contributed by atoms with van der Waals surface area (Å²) in [5.41, 5.74) is 6.88. The second-order valence-electron chi connectivity index (χ2n) is 2.65. The van der Waals surface area contributed by atoms with Crippen molar-refractivity contribution >= 4 is 61.5 Å². The van der Waals surface area contributed by atoms with E-state index < -0.39 is 0 Å². The van der Waals surface area contributed by atoms with E-state index >= 15 is 0 Å². The van der Waals surface area contributed by atoms with Gasteiger partial charge in [0.1, 0.15) is 0 Å². The van der Waals surface area contributed by atoms with Gasteiger partial charge < -0.3 is 5.73 Å². The minimum atomic E-state index is 0.927. The molecule has 4 heteroatoms. The smallest absolute Gasteiger partial charge is 0.0895 e. The van der Waals surface area contributed by atoms with Crippen LogP contribution in [0.3, 0.4) is 0 Å². The first-order valence-electron chi connectivity index (χ1n) is 3.74. The quantitative estimate of drug-likeness (QED) is 0.638. The summed E-state index contributed by atoms with van der Waals surface area (Å²) in [6.45, 7) is 0. The summed E-state index contributed by atoms with van der Waals surface area (Å²) in [4.78, 5) is 1.27. The molecule has 13 heavy (non-hydrogen) atoms. The molecular formula is C9H8INS2. The van der Waals surface area contributed by atoms with Gasteiger partial charge in [0.2, 0.25) is 0 Å². The Labute approximate surface area is 98.8 Å². The van der Waals surface area contributed by atoms with Crippen LogP contribution in [0.15, 0.2) is 23.1 Å². The SMILES string of the molecule is CSc1ccc2sc(I)c(N)c2c1. The first kappa shape index (κ1) is 9.61.